The highest BCUT2D eigenvalue weighted by Crippen LogP contribution is 2.31. The Morgan fingerprint density at radius 1 is 1.10 bits per heavy atom. The molecule has 1 fully saturated rings. The summed E-state index contributed by atoms with van der Waals surface area (Å²) < 4.78 is 7.73. The molecule has 6 nitrogen and oxygen atoms in total. The number of amides is 1. The molecule has 0 saturated carbocycles. The van der Waals surface area contributed by atoms with E-state index in [-0.39, 0.29) is 11.8 Å². The van der Waals surface area contributed by atoms with E-state index in [1.54, 1.807) is 6.07 Å². The average molecular weight is 421 g/mol. The number of benzene rings is 2. The van der Waals surface area contributed by atoms with Crippen molar-refractivity contribution in [1.29, 1.82) is 0 Å². The number of halogens is 1. The minimum absolute atomic E-state index is 0.0319. The molecular formula is C23H21ClN4O2. The summed E-state index contributed by atoms with van der Waals surface area (Å²) >= 11 is 6.04. The van der Waals surface area contributed by atoms with Crippen molar-refractivity contribution >= 4 is 28.6 Å². The first-order valence-corrected chi connectivity index (χ1v) is 10.4. The fourth-order valence-electron chi connectivity index (χ4n) is 3.99. The topological polar surface area (TPSA) is 64.2 Å². The monoisotopic (exact) mass is 420 g/mol. The van der Waals surface area contributed by atoms with Crippen molar-refractivity contribution in [2.24, 2.45) is 0 Å². The molecule has 5 rings (SSSR count). The van der Waals surface area contributed by atoms with E-state index in [0.29, 0.717) is 23.8 Å². The molecule has 0 unspecified atom stereocenters. The van der Waals surface area contributed by atoms with E-state index in [2.05, 4.69) is 10.1 Å². The van der Waals surface area contributed by atoms with Crippen LogP contribution in [0.5, 0.6) is 0 Å². The molecule has 0 spiro atoms. The molecule has 0 atom stereocenters. The van der Waals surface area contributed by atoms with E-state index in [1.807, 2.05) is 65.0 Å². The van der Waals surface area contributed by atoms with Crippen LogP contribution in [0.2, 0.25) is 5.02 Å². The molecule has 7 heteroatoms. The summed E-state index contributed by atoms with van der Waals surface area (Å²) in [5.74, 6) is 0.892. The van der Waals surface area contributed by atoms with E-state index in [1.165, 1.54) is 0 Å². The van der Waals surface area contributed by atoms with Gasteiger partial charge >= 0.3 is 0 Å². The third kappa shape index (κ3) is 3.48. The van der Waals surface area contributed by atoms with Gasteiger partial charge in [-0.15, -0.1) is 0 Å². The number of hydrogen-bond donors (Lipinski definition) is 0. The Kier molecular flexibility index (Phi) is 4.79. The number of likely N-dealkylation sites (tertiary alicyclic amines) is 1. The van der Waals surface area contributed by atoms with E-state index < -0.39 is 0 Å². The van der Waals surface area contributed by atoms with Crippen LogP contribution in [0.1, 0.15) is 40.8 Å². The molecule has 2 aromatic carbocycles. The summed E-state index contributed by atoms with van der Waals surface area (Å²) in [6.07, 6.45) is 1.62. The van der Waals surface area contributed by atoms with E-state index >= 15 is 0 Å². The van der Waals surface area contributed by atoms with Gasteiger partial charge in [0.1, 0.15) is 5.52 Å². The molecule has 1 aliphatic heterocycles. The quantitative estimate of drug-likeness (QED) is 0.468. The highest BCUT2D eigenvalue weighted by molar-refractivity contribution is 6.31. The van der Waals surface area contributed by atoms with Crippen LogP contribution in [-0.4, -0.2) is 38.7 Å². The van der Waals surface area contributed by atoms with Crippen molar-refractivity contribution in [3.8, 4) is 5.69 Å². The molecule has 0 N–H and O–H groups in total. The first kappa shape index (κ1) is 18.9. The van der Waals surface area contributed by atoms with Gasteiger partial charge in [-0.3, -0.25) is 4.79 Å². The zero-order chi connectivity index (χ0) is 20.7. The maximum absolute atomic E-state index is 13.0. The van der Waals surface area contributed by atoms with Crippen molar-refractivity contribution in [1.82, 2.24) is 19.7 Å². The molecule has 3 heterocycles. The van der Waals surface area contributed by atoms with Gasteiger partial charge in [-0.05, 0) is 56.2 Å². The van der Waals surface area contributed by atoms with Gasteiger partial charge < -0.3 is 9.32 Å². The SMILES string of the molecule is Cc1cc(C(=O)N2CCC(c3nc4cc(Cl)ccc4o3)CC2)nn1-c1ccccc1. The highest BCUT2D eigenvalue weighted by Gasteiger charge is 2.29. The predicted molar refractivity (Wildman–Crippen MR) is 115 cm³/mol. The zero-order valence-corrected chi connectivity index (χ0v) is 17.3. The van der Waals surface area contributed by atoms with Crippen molar-refractivity contribution < 1.29 is 9.21 Å². The predicted octanol–water partition coefficient (Wildman–Crippen LogP) is 5.00. The maximum atomic E-state index is 13.0. The van der Waals surface area contributed by atoms with Crippen LogP contribution in [0.15, 0.2) is 59.0 Å². The Balaban J connectivity index is 1.29. The lowest BCUT2D eigenvalue weighted by Crippen LogP contribution is -2.38. The lowest BCUT2D eigenvalue weighted by molar-refractivity contribution is 0.0700. The third-order valence-electron chi connectivity index (χ3n) is 5.60. The molecule has 0 bridgehead atoms. The molecule has 1 amide bonds. The molecule has 0 radical (unpaired) electrons. The third-order valence-corrected chi connectivity index (χ3v) is 5.84. The van der Waals surface area contributed by atoms with Gasteiger partial charge in [-0.1, -0.05) is 29.8 Å². The van der Waals surface area contributed by atoms with Crippen LogP contribution in [0.4, 0.5) is 0 Å². The minimum atomic E-state index is -0.0319. The number of carbonyl (C=O) groups is 1. The number of fused-ring (bicyclic) bond motifs is 1. The lowest BCUT2D eigenvalue weighted by Gasteiger charge is -2.30. The Morgan fingerprint density at radius 3 is 2.63 bits per heavy atom. The molecule has 0 aliphatic carbocycles. The summed E-state index contributed by atoms with van der Waals surface area (Å²) in [6.45, 7) is 3.27. The Bertz CT molecular complexity index is 1210. The number of piperidine rings is 1. The number of aryl methyl sites for hydroxylation is 1. The van der Waals surface area contributed by atoms with E-state index in [0.717, 1.165) is 41.2 Å². The molecule has 152 valence electrons. The van der Waals surface area contributed by atoms with Crippen LogP contribution in [0.25, 0.3) is 16.8 Å². The van der Waals surface area contributed by atoms with Crippen LogP contribution in [0.3, 0.4) is 0 Å². The smallest absolute Gasteiger partial charge is 0.274 e. The number of para-hydroxylation sites is 1. The maximum Gasteiger partial charge on any atom is 0.274 e. The second-order valence-electron chi connectivity index (χ2n) is 7.65. The van der Waals surface area contributed by atoms with Crippen molar-refractivity contribution in [2.75, 3.05) is 13.1 Å². The first-order chi connectivity index (χ1) is 14.6. The first-order valence-electron chi connectivity index (χ1n) is 10.1. The van der Waals surface area contributed by atoms with Crippen LogP contribution < -0.4 is 0 Å². The summed E-state index contributed by atoms with van der Waals surface area (Å²) in [4.78, 5) is 19.5. The van der Waals surface area contributed by atoms with Crippen molar-refractivity contribution in [3.63, 3.8) is 0 Å². The molecule has 4 aromatic rings. The Morgan fingerprint density at radius 2 is 1.87 bits per heavy atom. The standard InChI is InChI=1S/C23H21ClN4O2/c1-15-13-20(26-28(15)18-5-3-2-4-6-18)23(29)27-11-9-16(10-12-27)22-25-19-14-17(24)7-8-21(19)30-22/h2-8,13-14,16H,9-12H2,1H3. The van der Waals surface area contributed by atoms with Gasteiger partial charge in [-0.25, -0.2) is 9.67 Å². The minimum Gasteiger partial charge on any atom is -0.440 e. The fourth-order valence-corrected chi connectivity index (χ4v) is 4.16. The summed E-state index contributed by atoms with van der Waals surface area (Å²) in [7, 11) is 0. The molecule has 1 aliphatic rings. The van der Waals surface area contributed by atoms with Gasteiger partial charge in [-0.2, -0.15) is 5.10 Å². The number of nitrogens with zero attached hydrogens (tertiary/aromatic N) is 4. The number of oxazole rings is 1. The molecule has 2 aromatic heterocycles. The van der Waals surface area contributed by atoms with Gasteiger partial charge in [0.2, 0.25) is 0 Å². The summed E-state index contributed by atoms with van der Waals surface area (Å²) in [6, 6.07) is 17.2. The van der Waals surface area contributed by atoms with Gasteiger partial charge in [0.05, 0.1) is 5.69 Å². The second kappa shape index (κ2) is 7.61. The van der Waals surface area contributed by atoms with E-state index in [4.69, 9.17) is 16.0 Å². The van der Waals surface area contributed by atoms with Crippen molar-refractivity contribution in [3.05, 3.63) is 76.9 Å². The fraction of sp³-hybridized carbons (Fsp3) is 0.261. The van der Waals surface area contributed by atoms with Gasteiger partial charge in [0.15, 0.2) is 17.2 Å². The Hall–Kier alpha value is -3.12. The molecule has 1 saturated heterocycles. The number of rotatable bonds is 3. The molecule has 30 heavy (non-hydrogen) atoms. The van der Waals surface area contributed by atoms with Gasteiger partial charge in [0.25, 0.3) is 5.91 Å². The summed E-state index contributed by atoms with van der Waals surface area (Å²) in [5, 5.41) is 5.20. The Labute approximate surface area is 179 Å². The van der Waals surface area contributed by atoms with Crippen molar-refractivity contribution in [2.45, 2.75) is 25.7 Å². The lowest BCUT2D eigenvalue weighted by atomic mass is 9.96. The molecular weight excluding hydrogens is 400 g/mol. The zero-order valence-electron chi connectivity index (χ0n) is 16.6. The second-order valence-corrected chi connectivity index (χ2v) is 8.09. The normalized spacial score (nSPS) is 15.1. The van der Waals surface area contributed by atoms with E-state index in [9.17, 15) is 4.79 Å². The van der Waals surface area contributed by atoms with Crippen LogP contribution >= 0.6 is 11.6 Å². The number of carbonyl (C=O) groups excluding carboxylic acids is 1. The number of hydrogen-bond acceptors (Lipinski definition) is 4. The summed E-state index contributed by atoms with van der Waals surface area (Å²) in [5.41, 5.74) is 3.88. The average Bonchev–Trinajstić information content (AvgIpc) is 3.37. The van der Waals surface area contributed by atoms with Crippen LogP contribution in [-0.2, 0) is 0 Å². The number of aromatic nitrogens is 3. The largest absolute Gasteiger partial charge is 0.440 e. The van der Waals surface area contributed by atoms with Crippen LogP contribution in [0, 0.1) is 6.92 Å². The van der Waals surface area contributed by atoms with Gasteiger partial charge in [0, 0.05) is 29.7 Å². The highest BCUT2D eigenvalue weighted by atomic mass is 35.5.